The summed E-state index contributed by atoms with van der Waals surface area (Å²) in [5.41, 5.74) is 11.3. The summed E-state index contributed by atoms with van der Waals surface area (Å²) in [4.78, 5) is 105. The summed E-state index contributed by atoms with van der Waals surface area (Å²) < 4.78 is 41.1. The molecule has 12 N–H and O–H groups in total. The third-order valence-electron chi connectivity index (χ3n) is 11.6. The highest BCUT2D eigenvalue weighted by atomic mass is 35.5. The second-order valence-corrected chi connectivity index (χ2v) is 17.9. The van der Waals surface area contributed by atoms with Crippen molar-refractivity contribution in [2.75, 3.05) is 20.2 Å². The summed E-state index contributed by atoms with van der Waals surface area (Å²) in [6.07, 6.45) is -5.62. The fourth-order valence-electron chi connectivity index (χ4n) is 7.31. The van der Waals surface area contributed by atoms with Crippen molar-refractivity contribution in [1.29, 1.82) is 0 Å². The Morgan fingerprint density at radius 3 is 2.26 bits per heavy atom. The molecule has 2 saturated heterocycles. The summed E-state index contributed by atoms with van der Waals surface area (Å²) >= 11 is 6.22. The van der Waals surface area contributed by atoms with Crippen LogP contribution in [0.15, 0.2) is 23.2 Å². The van der Waals surface area contributed by atoms with E-state index in [0.29, 0.717) is 12.0 Å². The number of likely N-dealkylation sites (N-methyl/N-ethyl adjacent to an activating group) is 1. The van der Waals surface area contributed by atoms with Crippen molar-refractivity contribution in [3.63, 3.8) is 0 Å². The number of cyclic esters (lactones) is 1. The molecule has 66 heavy (non-hydrogen) atoms. The van der Waals surface area contributed by atoms with E-state index in [1.54, 1.807) is 27.7 Å². The average molecular weight is 977 g/mol. The van der Waals surface area contributed by atoms with E-state index in [-0.39, 0.29) is 61.8 Å². The van der Waals surface area contributed by atoms with E-state index in [0.717, 1.165) is 16.7 Å². The number of hydrogen-bond acceptors (Lipinski definition) is 15. The number of carbonyl (C=O) groups is 7. The highest BCUT2D eigenvalue weighted by Crippen LogP contribution is 2.29. The van der Waals surface area contributed by atoms with Gasteiger partial charge in [0.2, 0.25) is 29.5 Å². The summed E-state index contributed by atoms with van der Waals surface area (Å²) in [6.45, 7) is 6.53. The number of aromatic hydroxyl groups is 1. The minimum atomic E-state index is -5.14. The van der Waals surface area contributed by atoms with Gasteiger partial charge in [0, 0.05) is 20.0 Å². The van der Waals surface area contributed by atoms with E-state index >= 15 is 0 Å². The number of phenolic OH excluding ortho intramolecular Hbond substituents is 1. The predicted octanol–water partition coefficient (Wildman–Crippen LogP) is -2.06. The maximum Gasteiger partial charge on any atom is 0.397 e. The Morgan fingerprint density at radius 2 is 1.67 bits per heavy atom. The van der Waals surface area contributed by atoms with E-state index in [4.69, 9.17) is 32.4 Å². The number of piperidine rings is 1. The molecule has 1 aromatic carbocycles. The molecule has 2 aliphatic heterocycles. The molecule has 2 fully saturated rings. The lowest BCUT2D eigenvalue weighted by molar-refractivity contribution is -0.168. The van der Waals surface area contributed by atoms with Crippen LogP contribution in [-0.2, 0) is 59.3 Å². The molecule has 1 aromatic rings. The molecule has 0 aliphatic carbocycles. The van der Waals surface area contributed by atoms with Gasteiger partial charge in [0.25, 0.3) is 5.91 Å². The van der Waals surface area contributed by atoms with E-state index in [1.807, 2.05) is 0 Å². The van der Waals surface area contributed by atoms with Crippen molar-refractivity contribution in [3.8, 4) is 5.75 Å². The third kappa shape index (κ3) is 15.1. The van der Waals surface area contributed by atoms with Crippen LogP contribution in [0.25, 0.3) is 0 Å². The summed E-state index contributed by atoms with van der Waals surface area (Å²) in [5, 5.41) is 41.7. The first-order valence-electron chi connectivity index (χ1n) is 21.3. The first kappa shape index (κ1) is 55.0. The highest BCUT2D eigenvalue weighted by molar-refractivity contribution is 7.80. The molecule has 3 rings (SSSR count). The molecule has 0 unspecified atom stereocenters. The molecule has 0 saturated carbocycles. The zero-order valence-corrected chi connectivity index (χ0v) is 39.1. The van der Waals surface area contributed by atoms with Crippen molar-refractivity contribution < 1.29 is 70.8 Å². The zero-order chi connectivity index (χ0) is 49.8. The monoisotopic (exact) mass is 975 g/mol. The number of phenols is 1. The van der Waals surface area contributed by atoms with Crippen LogP contribution in [0.4, 0.5) is 0 Å². The molecule has 11 atom stereocenters. The second kappa shape index (κ2) is 24.4. The van der Waals surface area contributed by atoms with Gasteiger partial charge >= 0.3 is 16.4 Å². The van der Waals surface area contributed by atoms with Crippen LogP contribution in [0, 0.1) is 11.8 Å². The van der Waals surface area contributed by atoms with Gasteiger partial charge in [0.15, 0.2) is 12.1 Å². The fraction of sp³-hybridized carbons (Fsp3) is 0.650. The number of fused-ring (bicyclic) bond motifs is 2. The number of guanidine groups is 1. The molecule has 2 aliphatic rings. The SMILES string of the molecule is CC[C@H](C)[C@@H]1NC(=O)[C@H](Cc2ccc(O)c(Cl)c2)N(C)C(=O)[C@H]([C@@H](C)CC)N2C(=O)[C@H](CC[C@H]2O)NC(=O)[C@H](CCCN=C(N)N)NC(=O)[C@@H](NC(=O)[C@H](O)COS(=O)(=O)O)[C@@H](C)OC1=O. The van der Waals surface area contributed by atoms with Gasteiger partial charge in [-0.15, -0.1) is 0 Å². The van der Waals surface area contributed by atoms with Gasteiger partial charge in [-0.3, -0.25) is 38.3 Å². The number of nitrogens with one attached hydrogen (secondary N) is 4. The van der Waals surface area contributed by atoms with E-state index in [1.165, 1.54) is 25.2 Å². The topological polar surface area (TPSA) is 372 Å². The van der Waals surface area contributed by atoms with Crippen LogP contribution in [0.2, 0.25) is 5.02 Å². The van der Waals surface area contributed by atoms with Crippen LogP contribution >= 0.6 is 11.6 Å². The first-order valence-corrected chi connectivity index (χ1v) is 23.1. The molecule has 2 bridgehead atoms. The Balaban J connectivity index is 2.26. The zero-order valence-electron chi connectivity index (χ0n) is 37.5. The van der Waals surface area contributed by atoms with Crippen LogP contribution in [-0.4, -0.2) is 160 Å². The summed E-state index contributed by atoms with van der Waals surface area (Å²) in [7, 11) is -3.83. The fourth-order valence-corrected chi connectivity index (χ4v) is 7.81. The number of ether oxygens (including phenoxy) is 1. The number of rotatable bonds is 15. The molecule has 26 heteroatoms. The second-order valence-electron chi connectivity index (χ2n) is 16.4. The van der Waals surface area contributed by atoms with Crippen molar-refractivity contribution in [2.24, 2.45) is 28.3 Å². The number of nitrogens with zero attached hydrogens (tertiary/aromatic N) is 3. The number of amides is 6. The summed E-state index contributed by atoms with van der Waals surface area (Å²) in [6, 6.07) is -5.13. The molecule has 24 nitrogen and oxygen atoms in total. The van der Waals surface area contributed by atoms with E-state index in [2.05, 4.69) is 30.4 Å². The Morgan fingerprint density at radius 1 is 1.02 bits per heavy atom. The van der Waals surface area contributed by atoms with Crippen LogP contribution < -0.4 is 32.7 Å². The van der Waals surface area contributed by atoms with Gasteiger partial charge in [-0.2, -0.15) is 8.42 Å². The normalized spacial score (nSPS) is 26.6. The van der Waals surface area contributed by atoms with Gasteiger partial charge < -0.3 is 62.6 Å². The molecule has 0 spiro atoms. The van der Waals surface area contributed by atoms with Crippen molar-refractivity contribution in [1.82, 2.24) is 31.1 Å². The number of carbonyl (C=O) groups excluding carboxylic acids is 7. The highest BCUT2D eigenvalue weighted by Gasteiger charge is 2.47. The van der Waals surface area contributed by atoms with Crippen molar-refractivity contribution in [3.05, 3.63) is 28.8 Å². The molecule has 0 radical (unpaired) electrons. The lowest BCUT2D eigenvalue weighted by Crippen LogP contribution is -2.66. The number of halogens is 1. The maximum atomic E-state index is 14.8. The number of aliphatic imine (C=N–C) groups is 1. The molecule has 2 heterocycles. The van der Waals surface area contributed by atoms with Gasteiger partial charge in [0.1, 0.15) is 60.9 Å². The maximum absolute atomic E-state index is 14.8. The Bertz CT molecular complexity index is 2080. The Kier molecular flexibility index (Phi) is 20.4. The minimum Gasteiger partial charge on any atom is -0.506 e. The Labute approximate surface area is 387 Å². The number of nitrogens with two attached hydrogens (primary N) is 2. The number of hydrogen-bond donors (Lipinski definition) is 10. The molecular weight excluding hydrogens is 914 g/mol. The Hall–Kier alpha value is -5.34. The predicted molar refractivity (Wildman–Crippen MR) is 235 cm³/mol. The number of aliphatic hydroxyl groups is 2. The van der Waals surface area contributed by atoms with Crippen molar-refractivity contribution in [2.45, 2.75) is 134 Å². The molecule has 0 aromatic heterocycles. The first-order chi connectivity index (χ1) is 30.8. The largest absolute Gasteiger partial charge is 0.506 e. The number of benzene rings is 1. The van der Waals surface area contributed by atoms with Crippen LogP contribution in [0.1, 0.15) is 78.7 Å². The molecule has 6 amide bonds. The van der Waals surface area contributed by atoms with Gasteiger partial charge in [-0.25, -0.2) is 8.98 Å². The lowest BCUT2D eigenvalue weighted by atomic mass is 9.91. The third-order valence-corrected chi connectivity index (χ3v) is 12.3. The van der Waals surface area contributed by atoms with Crippen molar-refractivity contribution >= 4 is 69.4 Å². The lowest BCUT2D eigenvalue weighted by Gasteiger charge is -2.44. The van der Waals surface area contributed by atoms with E-state index in [9.17, 15) is 57.3 Å². The van der Waals surface area contributed by atoms with E-state index < -0.39 is 125 Å². The smallest absolute Gasteiger partial charge is 0.397 e. The van der Waals surface area contributed by atoms with Gasteiger partial charge in [-0.1, -0.05) is 58.2 Å². The quantitative estimate of drug-likeness (QED) is 0.0297. The summed E-state index contributed by atoms with van der Waals surface area (Å²) in [5.74, 6) is -9.14. The van der Waals surface area contributed by atoms with Gasteiger partial charge in [-0.05, 0) is 62.1 Å². The average Bonchev–Trinajstić information content (AvgIpc) is 3.25. The van der Waals surface area contributed by atoms with Crippen LogP contribution in [0.3, 0.4) is 0 Å². The standard InChI is InChI=1S/C40H62ClN9O15S/c1-7-19(3)30-39(60)65-21(5)31(48-35(56)28(52)18-64-66(61,62)63)36(57)45-24(10-9-15-44-40(42)43)33(54)46-25-12-14-29(53)50(37(25)58)32(20(4)8-2)38(59)49(6)26(34(55)47-30)17-22-11-13-27(51)23(41)16-22/h11,13,16,19-21,24-26,28-32,51-53H,7-10,12,14-15,17-18H2,1-6H3,(H,45,57)(H,46,54)(H,47,55)(H,48,56)(H4,42,43,44)(H,61,62,63)/t19-,20-,21+,24-,25-,26-,28+,29+,30-,31-,32-/m0/s1. The minimum absolute atomic E-state index is 0.0336. The molecule has 370 valence electrons. The number of aliphatic hydroxyl groups excluding tert-OH is 2. The van der Waals surface area contributed by atoms with Crippen LogP contribution in [0.5, 0.6) is 5.75 Å². The number of esters is 1. The van der Waals surface area contributed by atoms with Gasteiger partial charge in [0.05, 0.1) is 5.02 Å². The molecular formula is C40H62ClN9O15S.